The summed E-state index contributed by atoms with van der Waals surface area (Å²) < 4.78 is 7.04. The quantitative estimate of drug-likeness (QED) is 0.524. The van der Waals surface area contributed by atoms with Crippen LogP contribution >= 0.6 is 12.2 Å². The van der Waals surface area contributed by atoms with Gasteiger partial charge >= 0.3 is 5.69 Å². The van der Waals surface area contributed by atoms with Crippen molar-refractivity contribution in [2.24, 2.45) is 0 Å². The fourth-order valence-electron chi connectivity index (χ4n) is 2.40. The standard InChI is InChI=1S/C13H20N4O4S/c1-3-14-12(22)15-8-4-10(21-9(8)6-18)17-5-7(2)11(19)16-13(17)20/h5,8-10,18H,3-4,6H2,1-2H3,(H2,14,15,22)(H,16,19,20)/t8?,9-,10-/m1/s1. The second-order valence-electron chi connectivity index (χ2n) is 5.14. The van der Waals surface area contributed by atoms with Crippen molar-refractivity contribution in [1.82, 2.24) is 20.2 Å². The molecule has 0 spiro atoms. The van der Waals surface area contributed by atoms with E-state index in [1.165, 1.54) is 10.8 Å². The van der Waals surface area contributed by atoms with Gasteiger partial charge in [-0.3, -0.25) is 14.3 Å². The maximum atomic E-state index is 11.9. The van der Waals surface area contributed by atoms with Crippen LogP contribution in [-0.4, -0.2) is 45.1 Å². The zero-order chi connectivity index (χ0) is 16.3. The summed E-state index contributed by atoms with van der Waals surface area (Å²) in [6, 6.07) is -0.222. The lowest BCUT2D eigenvalue weighted by Crippen LogP contribution is -2.46. The second-order valence-corrected chi connectivity index (χ2v) is 5.54. The smallest absolute Gasteiger partial charge is 0.330 e. The number of aromatic amines is 1. The van der Waals surface area contributed by atoms with Crippen molar-refractivity contribution >= 4 is 17.3 Å². The lowest BCUT2D eigenvalue weighted by atomic mass is 10.1. The van der Waals surface area contributed by atoms with E-state index in [9.17, 15) is 14.7 Å². The van der Waals surface area contributed by atoms with Gasteiger partial charge in [0.1, 0.15) is 12.3 Å². The minimum Gasteiger partial charge on any atom is -0.394 e. The van der Waals surface area contributed by atoms with Gasteiger partial charge in [-0.2, -0.15) is 0 Å². The molecule has 1 aliphatic rings. The molecule has 3 atom stereocenters. The average Bonchev–Trinajstić information content (AvgIpc) is 2.85. The molecule has 1 saturated heterocycles. The normalized spacial score (nSPS) is 24.2. The average molecular weight is 328 g/mol. The molecule has 1 unspecified atom stereocenters. The van der Waals surface area contributed by atoms with Crippen LogP contribution in [0.2, 0.25) is 0 Å². The molecule has 1 aromatic rings. The van der Waals surface area contributed by atoms with E-state index in [-0.39, 0.29) is 12.6 Å². The van der Waals surface area contributed by atoms with Gasteiger partial charge in [0.15, 0.2) is 5.11 Å². The van der Waals surface area contributed by atoms with Crippen molar-refractivity contribution in [1.29, 1.82) is 0 Å². The van der Waals surface area contributed by atoms with Gasteiger partial charge in [0, 0.05) is 24.7 Å². The Labute approximate surface area is 132 Å². The van der Waals surface area contributed by atoms with Gasteiger partial charge in [0.05, 0.1) is 12.6 Å². The number of ether oxygens (including phenoxy) is 1. The third-order valence-corrected chi connectivity index (χ3v) is 3.79. The van der Waals surface area contributed by atoms with E-state index in [1.807, 2.05) is 6.92 Å². The molecule has 9 heteroatoms. The Bertz CT molecular complexity index is 656. The van der Waals surface area contributed by atoms with Crippen LogP contribution in [0, 0.1) is 6.92 Å². The molecular formula is C13H20N4O4S. The Morgan fingerprint density at radius 1 is 1.59 bits per heavy atom. The third kappa shape index (κ3) is 3.54. The summed E-state index contributed by atoms with van der Waals surface area (Å²) in [6.07, 6.45) is 0.857. The van der Waals surface area contributed by atoms with Crippen molar-refractivity contribution < 1.29 is 9.84 Å². The van der Waals surface area contributed by atoms with Crippen LogP contribution in [0.15, 0.2) is 15.8 Å². The van der Waals surface area contributed by atoms with Gasteiger partial charge < -0.3 is 20.5 Å². The first-order valence-corrected chi connectivity index (χ1v) is 7.49. The summed E-state index contributed by atoms with van der Waals surface area (Å²) in [5.74, 6) is 0. The maximum absolute atomic E-state index is 11.9. The van der Waals surface area contributed by atoms with Crippen LogP contribution < -0.4 is 21.9 Å². The van der Waals surface area contributed by atoms with Gasteiger partial charge in [-0.15, -0.1) is 0 Å². The summed E-state index contributed by atoms with van der Waals surface area (Å²) in [4.78, 5) is 25.6. The number of hydrogen-bond donors (Lipinski definition) is 4. The number of nitrogens with zero attached hydrogens (tertiary/aromatic N) is 1. The van der Waals surface area contributed by atoms with E-state index in [1.54, 1.807) is 6.92 Å². The van der Waals surface area contributed by atoms with Gasteiger partial charge in [-0.25, -0.2) is 4.79 Å². The number of aliphatic hydroxyl groups is 1. The first-order chi connectivity index (χ1) is 10.5. The van der Waals surface area contributed by atoms with Crippen molar-refractivity contribution in [3.63, 3.8) is 0 Å². The van der Waals surface area contributed by atoms with E-state index in [2.05, 4.69) is 15.6 Å². The summed E-state index contributed by atoms with van der Waals surface area (Å²) in [7, 11) is 0. The first kappa shape index (κ1) is 16.7. The molecule has 1 aromatic heterocycles. The Balaban J connectivity index is 2.18. The Hall–Kier alpha value is -1.71. The zero-order valence-corrected chi connectivity index (χ0v) is 13.3. The van der Waals surface area contributed by atoms with Crippen molar-refractivity contribution in [2.45, 2.75) is 38.6 Å². The molecule has 0 bridgehead atoms. The van der Waals surface area contributed by atoms with Crippen LogP contribution in [0.3, 0.4) is 0 Å². The molecule has 1 fully saturated rings. The minimum absolute atomic E-state index is 0.194. The van der Waals surface area contributed by atoms with E-state index >= 15 is 0 Å². The topological polar surface area (TPSA) is 108 Å². The molecule has 2 heterocycles. The van der Waals surface area contributed by atoms with Gasteiger partial charge in [-0.05, 0) is 26.1 Å². The first-order valence-electron chi connectivity index (χ1n) is 7.09. The molecule has 8 nitrogen and oxygen atoms in total. The van der Waals surface area contributed by atoms with Crippen molar-refractivity contribution in [2.75, 3.05) is 13.2 Å². The van der Waals surface area contributed by atoms with Crippen LogP contribution in [0.1, 0.15) is 25.1 Å². The van der Waals surface area contributed by atoms with Gasteiger partial charge in [0.2, 0.25) is 0 Å². The molecule has 0 amide bonds. The number of nitrogens with one attached hydrogen (secondary N) is 3. The molecule has 1 aliphatic heterocycles. The van der Waals surface area contributed by atoms with Gasteiger partial charge in [-0.1, -0.05) is 0 Å². The number of H-pyrrole nitrogens is 1. The van der Waals surface area contributed by atoms with Crippen LogP contribution in [-0.2, 0) is 4.74 Å². The van der Waals surface area contributed by atoms with E-state index in [0.717, 1.165) is 0 Å². The summed E-state index contributed by atoms with van der Waals surface area (Å²) >= 11 is 5.13. The van der Waals surface area contributed by atoms with Crippen molar-refractivity contribution in [3.8, 4) is 0 Å². The fraction of sp³-hybridized carbons (Fsp3) is 0.615. The highest BCUT2D eigenvalue weighted by Crippen LogP contribution is 2.27. The monoisotopic (exact) mass is 328 g/mol. The van der Waals surface area contributed by atoms with Gasteiger partial charge in [0.25, 0.3) is 5.56 Å². The number of rotatable bonds is 4. The predicted molar refractivity (Wildman–Crippen MR) is 84.9 cm³/mol. The van der Waals surface area contributed by atoms with Crippen molar-refractivity contribution in [3.05, 3.63) is 32.6 Å². The molecule has 0 radical (unpaired) electrons. The number of aryl methyl sites for hydroxylation is 1. The highest BCUT2D eigenvalue weighted by atomic mass is 32.1. The number of thiocarbonyl (C=S) groups is 1. The molecule has 4 N–H and O–H groups in total. The summed E-state index contributed by atoms with van der Waals surface area (Å²) in [5.41, 5.74) is -0.531. The molecule has 122 valence electrons. The Kier molecular flexibility index (Phi) is 5.33. The molecule has 22 heavy (non-hydrogen) atoms. The summed E-state index contributed by atoms with van der Waals surface area (Å²) in [6.45, 7) is 4.03. The molecule has 0 aliphatic carbocycles. The number of aromatic nitrogens is 2. The fourth-order valence-corrected chi connectivity index (χ4v) is 2.70. The third-order valence-electron chi connectivity index (χ3n) is 3.53. The number of hydrogen-bond acceptors (Lipinski definition) is 5. The molecule has 0 saturated carbocycles. The van der Waals surface area contributed by atoms with Crippen LogP contribution in [0.25, 0.3) is 0 Å². The predicted octanol–water partition coefficient (Wildman–Crippen LogP) is -1.02. The largest absolute Gasteiger partial charge is 0.394 e. The second kappa shape index (κ2) is 7.03. The Morgan fingerprint density at radius 3 is 2.95 bits per heavy atom. The number of aliphatic hydroxyl groups excluding tert-OH is 1. The minimum atomic E-state index is -0.567. The molecular weight excluding hydrogens is 308 g/mol. The van der Waals surface area contributed by atoms with E-state index in [4.69, 9.17) is 17.0 Å². The lowest BCUT2D eigenvalue weighted by molar-refractivity contribution is -0.0281. The SMILES string of the molecule is CCNC(=S)NC1C[C@H](n2cc(C)c(=O)[nH]c2=O)O[C@@H]1CO. The van der Waals surface area contributed by atoms with E-state index < -0.39 is 23.6 Å². The summed E-state index contributed by atoms with van der Waals surface area (Å²) in [5, 5.41) is 16.0. The van der Waals surface area contributed by atoms with Crippen LogP contribution in [0.4, 0.5) is 0 Å². The highest BCUT2D eigenvalue weighted by molar-refractivity contribution is 7.80. The Morgan fingerprint density at radius 2 is 2.32 bits per heavy atom. The van der Waals surface area contributed by atoms with Crippen LogP contribution in [0.5, 0.6) is 0 Å². The van der Waals surface area contributed by atoms with E-state index in [0.29, 0.717) is 23.6 Å². The maximum Gasteiger partial charge on any atom is 0.330 e. The lowest BCUT2D eigenvalue weighted by Gasteiger charge is -2.19. The molecule has 0 aromatic carbocycles. The highest BCUT2D eigenvalue weighted by Gasteiger charge is 2.36. The zero-order valence-electron chi connectivity index (χ0n) is 12.5. The molecule has 2 rings (SSSR count).